The minimum atomic E-state index is -0.845. The SMILES string of the molecule is C/C=C(\C)C(=O)O.C/C=C(\C)C(=O)OC(CC)C(C)C.CC(C)C=O.CCC(O)C(C)C.[CH2-]C.[Cl-].[Mg+2]. The molecule has 0 radical (unpaired) electrons. The molecule has 8 heteroatoms. The minimum absolute atomic E-state index is 0. The smallest absolute Gasteiger partial charge is 1.00 e. The first-order valence-corrected chi connectivity index (χ1v) is 12.2. The Hall–Kier alpha value is -0.894. The fourth-order valence-corrected chi connectivity index (χ4v) is 1.63. The number of carbonyl (C=O) groups is 3. The zero-order valence-electron chi connectivity index (χ0n) is 25.4. The van der Waals surface area contributed by atoms with Gasteiger partial charge in [0.05, 0.1) is 6.10 Å². The van der Waals surface area contributed by atoms with Crippen LogP contribution in [0.15, 0.2) is 23.3 Å². The second-order valence-electron chi connectivity index (χ2n) is 8.44. The summed E-state index contributed by atoms with van der Waals surface area (Å²) in [6.45, 7) is 27.8. The second kappa shape index (κ2) is 36.3. The first-order chi connectivity index (χ1) is 15.7. The summed E-state index contributed by atoms with van der Waals surface area (Å²) in [5, 5.41) is 17.0. The van der Waals surface area contributed by atoms with E-state index in [9.17, 15) is 14.4 Å². The normalized spacial score (nSPS) is 11.7. The molecular weight excluding hydrogens is 492 g/mol. The zero-order valence-corrected chi connectivity index (χ0v) is 27.5. The number of rotatable bonds is 8. The molecule has 2 unspecified atom stereocenters. The van der Waals surface area contributed by atoms with Gasteiger partial charge < -0.3 is 39.1 Å². The minimum Gasteiger partial charge on any atom is -1.00 e. The van der Waals surface area contributed by atoms with Crippen LogP contribution in [-0.4, -0.2) is 63.7 Å². The number of carbonyl (C=O) groups excluding carboxylic acids is 2. The van der Waals surface area contributed by atoms with Gasteiger partial charge in [-0.2, -0.15) is 6.92 Å². The van der Waals surface area contributed by atoms with Crippen molar-refractivity contribution in [3.8, 4) is 0 Å². The molecule has 0 aliphatic carbocycles. The molecule has 0 aromatic rings. The van der Waals surface area contributed by atoms with E-state index in [1.165, 1.54) is 0 Å². The Bertz CT molecular complexity index is 558. The quantitative estimate of drug-likeness (QED) is 0.158. The number of allylic oxidation sites excluding steroid dienone is 2. The molecule has 0 saturated carbocycles. The van der Waals surface area contributed by atoms with Gasteiger partial charge in [0, 0.05) is 17.1 Å². The molecule has 0 amide bonds. The van der Waals surface area contributed by atoms with Crippen molar-refractivity contribution < 1.29 is 41.7 Å². The Morgan fingerprint density at radius 2 is 1.22 bits per heavy atom. The predicted molar refractivity (Wildman–Crippen MR) is 150 cm³/mol. The first kappa shape index (κ1) is 51.7. The van der Waals surface area contributed by atoms with Crippen molar-refractivity contribution in [2.75, 3.05) is 0 Å². The number of hydrogen-bond acceptors (Lipinski definition) is 5. The Morgan fingerprint density at radius 3 is 1.33 bits per heavy atom. The molecule has 0 spiro atoms. The molecule has 0 aliphatic rings. The molecule has 36 heavy (non-hydrogen) atoms. The van der Waals surface area contributed by atoms with E-state index in [-0.39, 0.29) is 59.6 Å². The summed E-state index contributed by atoms with van der Waals surface area (Å²) in [4.78, 5) is 30.7. The summed E-state index contributed by atoms with van der Waals surface area (Å²) >= 11 is 0. The molecule has 0 aromatic heterocycles. The van der Waals surface area contributed by atoms with Gasteiger partial charge in [0.1, 0.15) is 12.4 Å². The van der Waals surface area contributed by atoms with E-state index >= 15 is 0 Å². The maximum Gasteiger partial charge on any atom is 2.00 e. The van der Waals surface area contributed by atoms with Gasteiger partial charge >= 0.3 is 35.0 Å². The van der Waals surface area contributed by atoms with Crippen LogP contribution in [0.3, 0.4) is 0 Å². The van der Waals surface area contributed by atoms with Gasteiger partial charge in [0.25, 0.3) is 0 Å². The topological polar surface area (TPSA) is 101 Å². The maximum absolute atomic E-state index is 11.4. The number of esters is 1. The molecule has 0 aromatic carbocycles. The Balaban J connectivity index is -0.0000000635. The van der Waals surface area contributed by atoms with Crippen molar-refractivity contribution in [2.24, 2.45) is 17.8 Å². The van der Waals surface area contributed by atoms with E-state index in [1.807, 2.05) is 48.5 Å². The number of aliphatic hydroxyl groups is 1. The number of hydrogen-bond donors (Lipinski definition) is 2. The van der Waals surface area contributed by atoms with Gasteiger partial charge in [0.2, 0.25) is 0 Å². The summed E-state index contributed by atoms with van der Waals surface area (Å²) in [5.74, 6) is -0.0239. The maximum atomic E-state index is 11.4. The average molecular weight is 548 g/mol. The van der Waals surface area contributed by atoms with Gasteiger partial charge in [-0.05, 0) is 52.4 Å². The van der Waals surface area contributed by atoms with Crippen LogP contribution >= 0.6 is 0 Å². The van der Waals surface area contributed by atoms with Gasteiger partial charge in [-0.1, -0.05) is 67.5 Å². The number of aliphatic carboxylic acids is 1. The van der Waals surface area contributed by atoms with Crippen molar-refractivity contribution in [1.82, 2.24) is 0 Å². The number of aliphatic hydroxyl groups excluding tert-OH is 1. The van der Waals surface area contributed by atoms with Gasteiger partial charge in [0.15, 0.2) is 0 Å². The molecule has 0 saturated heterocycles. The van der Waals surface area contributed by atoms with Crippen LogP contribution in [0.2, 0.25) is 0 Å². The summed E-state index contributed by atoms with van der Waals surface area (Å²) < 4.78 is 5.31. The number of carboxylic acid groups (broad SMARTS) is 1. The van der Waals surface area contributed by atoms with Crippen LogP contribution in [0.1, 0.15) is 103 Å². The summed E-state index contributed by atoms with van der Waals surface area (Å²) in [6, 6.07) is 0. The first-order valence-electron chi connectivity index (χ1n) is 12.2. The Labute approximate surface area is 245 Å². The third-order valence-corrected chi connectivity index (χ3v) is 4.39. The molecule has 0 fully saturated rings. The van der Waals surface area contributed by atoms with E-state index < -0.39 is 5.97 Å². The average Bonchev–Trinajstić information content (AvgIpc) is 2.82. The largest absolute Gasteiger partial charge is 2.00 e. The van der Waals surface area contributed by atoms with Crippen molar-refractivity contribution in [3.05, 3.63) is 30.2 Å². The van der Waals surface area contributed by atoms with Crippen LogP contribution < -0.4 is 12.4 Å². The number of halogens is 1. The number of ether oxygens (including phenoxy) is 1. The molecule has 2 atom stereocenters. The van der Waals surface area contributed by atoms with Crippen LogP contribution in [0.25, 0.3) is 0 Å². The zero-order chi connectivity index (χ0) is 28.4. The molecule has 212 valence electrons. The molecular formula is C28H55ClMgO6. The van der Waals surface area contributed by atoms with Crippen LogP contribution in [0.5, 0.6) is 0 Å². The van der Waals surface area contributed by atoms with Crippen molar-refractivity contribution in [1.29, 1.82) is 0 Å². The third kappa shape index (κ3) is 40.3. The predicted octanol–water partition coefficient (Wildman–Crippen LogP) is 3.69. The van der Waals surface area contributed by atoms with E-state index in [0.717, 1.165) is 19.1 Å². The second-order valence-corrected chi connectivity index (χ2v) is 8.44. The van der Waals surface area contributed by atoms with Crippen molar-refractivity contribution in [3.63, 3.8) is 0 Å². The standard InChI is InChI=1S/C11H20O2.C6H14O.C5H8O2.C4H8O.C2H5.ClH.Mg/c1-6-9(5)11(12)13-10(7-2)8(3)4;1-4-6(7)5(2)3;1-3-4(2)5(6)7;1-4(2)3-5;1-2;;/h6,8,10H,7H2,1-5H3;5-7H,4H2,1-3H3;3H,1-2H3,(H,6,7);3-4H,1-2H3;1H2,2H3;1H;/q;;;;-1;;+2/p-1/b9-6+;;4-3+;;;;. The van der Waals surface area contributed by atoms with Crippen LogP contribution in [0, 0.1) is 24.7 Å². The summed E-state index contributed by atoms with van der Waals surface area (Å²) in [5.41, 5.74) is 1.07. The van der Waals surface area contributed by atoms with E-state index in [2.05, 4.69) is 20.8 Å². The van der Waals surface area contributed by atoms with Crippen molar-refractivity contribution in [2.45, 2.75) is 115 Å². The number of aldehydes is 1. The molecule has 6 nitrogen and oxygen atoms in total. The van der Waals surface area contributed by atoms with Crippen LogP contribution in [0.4, 0.5) is 0 Å². The van der Waals surface area contributed by atoms with Gasteiger partial charge in [-0.25, -0.2) is 9.59 Å². The number of carboxylic acids is 1. The fourth-order valence-electron chi connectivity index (χ4n) is 1.63. The van der Waals surface area contributed by atoms with Gasteiger partial charge in [-0.3, -0.25) is 0 Å². The van der Waals surface area contributed by atoms with E-state index in [4.69, 9.17) is 14.9 Å². The summed E-state index contributed by atoms with van der Waals surface area (Å²) in [7, 11) is 0. The van der Waals surface area contributed by atoms with Crippen LogP contribution in [-0.2, 0) is 19.1 Å². The molecule has 0 rings (SSSR count). The molecule has 0 heterocycles. The Kier molecular flexibility index (Phi) is 52.1. The summed E-state index contributed by atoms with van der Waals surface area (Å²) in [6.07, 6.45) is 5.94. The van der Waals surface area contributed by atoms with E-state index in [0.29, 0.717) is 23.0 Å². The fraction of sp³-hybridized carbons (Fsp3) is 0.714. The molecule has 0 aliphatic heterocycles. The van der Waals surface area contributed by atoms with Gasteiger partial charge in [-0.15, -0.1) is 0 Å². The third-order valence-electron chi connectivity index (χ3n) is 4.39. The molecule has 2 N–H and O–H groups in total. The van der Waals surface area contributed by atoms with Crippen molar-refractivity contribution >= 4 is 41.3 Å². The Morgan fingerprint density at radius 1 is 0.861 bits per heavy atom. The molecule has 0 bridgehead atoms. The monoisotopic (exact) mass is 546 g/mol. The van der Waals surface area contributed by atoms with E-state index in [1.54, 1.807) is 39.8 Å².